The van der Waals surface area contributed by atoms with E-state index >= 15 is 0 Å². The Morgan fingerprint density at radius 1 is 0.828 bits per heavy atom. The summed E-state index contributed by atoms with van der Waals surface area (Å²) in [6, 6.07) is 15.8. The molecule has 1 fully saturated rings. The molecule has 0 spiro atoms. The SMILES string of the molecule is Clc1ccc(CN2CCN(c3nc4cc(Cl)ccc4n4cccc34)CC2)c(Cl)c1. The van der Waals surface area contributed by atoms with Gasteiger partial charge in [-0.25, -0.2) is 4.98 Å². The summed E-state index contributed by atoms with van der Waals surface area (Å²) in [5, 5.41) is 2.09. The first kappa shape index (κ1) is 19.0. The fraction of sp³-hybridized carbons (Fsp3) is 0.227. The lowest BCUT2D eigenvalue weighted by molar-refractivity contribution is 0.249. The van der Waals surface area contributed by atoms with E-state index in [1.807, 2.05) is 36.4 Å². The summed E-state index contributed by atoms with van der Waals surface area (Å²) in [7, 11) is 0. The Morgan fingerprint density at radius 3 is 2.38 bits per heavy atom. The van der Waals surface area contributed by atoms with E-state index in [1.165, 1.54) is 0 Å². The molecule has 29 heavy (non-hydrogen) atoms. The van der Waals surface area contributed by atoms with Gasteiger partial charge in [-0.3, -0.25) is 4.90 Å². The molecule has 1 aliphatic heterocycles. The Bertz CT molecular complexity index is 1200. The Balaban J connectivity index is 1.39. The van der Waals surface area contributed by atoms with E-state index in [0.717, 1.165) is 65.7 Å². The van der Waals surface area contributed by atoms with Gasteiger partial charge in [-0.15, -0.1) is 0 Å². The normalized spacial score (nSPS) is 15.5. The molecule has 2 aromatic heterocycles. The molecule has 5 rings (SSSR count). The highest BCUT2D eigenvalue weighted by Gasteiger charge is 2.21. The first-order valence-corrected chi connectivity index (χ1v) is 10.7. The van der Waals surface area contributed by atoms with Gasteiger partial charge in [-0.05, 0) is 48.0 Å². The predicted molar refractivity (Wildman–Crippen MR) is 122 cm³/mol. The van der Waals surface area contributed by atoms with E-state index in [1.54, 1.807) is 0 Å². The number of benzene rings is 2. The molecule has 0 radical (unpaired) electrons. The minimum atomic E-state index is 0.669. The minimum absolute atomic E-state index is 0.669. The van der Waals surface area contributed by atoms with Gasteiger partial charge in [0.05, 0.1) is 16.6 Å². The molecule has 1 aliphatic rings. The van der Waals surface area contributed by atoms with Crippen LogP contribution < -0.4 is 4.90 Å². The number of anilines is 1. The van der Waals surface area contributed by atoms with Crippen molar-refractivity contribution in [2.45, 2.75) is 6.54 Å². The fourth-order valence-electron chi connectivity index (χ4n) is 3.98. The zero-order valence-corrected chi connectivity index (χ0v) is 17.9. The van der Waals surface area contributed by atoms with Crippen molar-refractivity contribution in [2.75, 3.05) is 31.1 Å². The highest BCUT2D eigenvalue weighted by Crippen LogP contribution is 2.28. The summed E-state index contributed by atoms with van der Waals surface area (Å²) < 4.78 is 2.19. The third-order valence-electron chi connectivity index (χ3n) is 5.48. The molecule has 4 aromatic rings. The van der Waals surface area contributed by atoms with E-state index in [4.69, 9.17) is 39.8 Å². The fourth-order valence-corrected chi connectivity index (χ4v) is 4.61. The number of nitrogens with zero attached hydrogens (tertiary/aromatic N) is 4. The lowest BCUT2D eigenvalue weighted by Gasteiger charge is -2.36. The smallest absolute Gasteiger partial charge is 0.153 e. The van der Waals surface area contributed by atoms with E-state index < -0.39 is 0 Å². The van der Waals surface area contributed by atoms with Gasteiger partial charge in [0.25, 0.3) is 0 Å². The molecule has 3 heterocycles. The van der Waals surface area contributed by atoms with Gasteiger partial charge < -0.3 is 9.30 Å². The molecule has 4 nitrogen and oxygen atoms in total. The third kappa shape index (κ3) is 3.66. The number of hydrogen-bond acceptors (Lipinski definition) is 3. The van der Waals surface area contributed by atoms with Crippen LogP contribution in [0.5, 0.6) is 0 Å². The van der Waals surface area contributed by atoms with Crippen LogP contribution in [0.15, 0.2) is 54.7 Å². The summed E-state index contributed by atoms with van der Waals surface area (Å²) in [4.78, 5) is 9.73. The van der Waals surface area contributed by atoms with Crippen LogP contribution in [0.4, 0.5) is 5.82 Å². The second kappa shape index (κ2) is 7.69. The van der Waals surface area contributed by atoms with Gasteiger partial charge >= 0.3 is 0 Å². The third-order valence-corrected chi connectivity index (χ3v) is 6.30. The number of rotatable bonds is 3. The van der Waals surface area contributed by atoms with Crippen molar-refractivity contribution in [3.63, 3.8) is 0 Å². The number of halogens is 3. The first-order valence-electron chi connectivity index (χ1n) is 9.56. The molecule has 1 saturated heterocycles. The average molecular weight is 446 g/mol. The molecule has 0 aliphatic carbocycles. The monoisotopic (exact) mass is 444 g/mol. The van der Waals surface area contributed by atoms with Gasteiger partial charge in [0.1, 0.15) is 0 Å². The van der Waals surface area contributed by atoms with Crippen LogP contribution >= 0.6 is 34.8 Å². The zero-order valence-electron chi connectivity index (χ0n) is 15.7. The van der Waals surface area contributed by atoms with Crippen molar-refractivity contribution >= 4 is 57.2 Å². The molecule has 0 bridgehead atoms. The van der Waals surface area contributed by atoms with E-state index in [9.17, 15) is 0 Å². The standard InChI is InChI=1S/C22H19Cl3N4/c23-16-4-3-15(18(25)12-16)14-27-8-10-28(11-9-27)22-21-2-1-7-29(21)20-6-5-17(24)13-19(20)26-22/h1-7,12-13H,8-11,14H2. The first-order chi connectivity index (χ1) is 14.1. The molecule has 2 aromatic carbocycles. The number of fused-ring (bicyclic) bond motifs is 3. The molecule has 0 saturated carbocycles. The van der Waals surface area contributed by atoms with Gasteiger partial charge in [0.2, 0.25) is 0 Å². The zero-order chi connectivity index (χ0) is 20.0. The van der Waals surface area contributed by atoms with Crippen LogP contribution in [0.25, 0.3) is 16.6 Å². The summed E-state index contributed by atoms with van der Waals surface area (Å²) in [5.41, 5.74) is 4.20. The molecular weight excluding hydrogens is 427 g/mol. The van der Waals surface area contributed by atoms with Gasteiger partial charge in [-0.1, -0.05) is 40.9 Å². The summed E-state index contributed by atoms with van der Waals surface area (Å²) in [6.45, 7) is 4.53. The topological polar surface area (TPSA) is 23.8 Å². The van der Waals surface area contributed by atoms with Crippen LogP contribution in [0, 0.1) is 0 Å². The molecule has 148 valence electrons. The molecule has 0 atom stereocenters. The summed E-state index contributed by atoms with van der Waals surface area (Å²) >= 11 is 18.6. The molecular formula is C22H19Cl3N4. The number of piperazine rings is 1. The van der Waals surface area contributed by atoms with Crippen molar-refractivity contribution < 1.29 is 0 Å². The maximum Gasteiger partial charge on any atom is 0.153 e. The van der Waals surface area contributed by atoms with Crippen molar-refractivity contribution in [1.29, 1.82) is 0 Å². The van der Waals surface area contributed by atoms with E-state index in [0.29, 0.717) is 10.0 Å². The van der Waals surface area contributed by atoms with Crippen LogP contribution in [0.2, 0.25) is 15.1 Å². The number of aromatic nitrogens is 2. The van der Waals surface area contributed by atoms with Gasteiger partial charge in [0, 0.05) is 54.0 Å². The number of hydrogen-bond donors (Lipinski definition) is 0. The van der Waals surface area contributed by atoms with Crippen molar-refractivity contribution in [1.82, 2.24) is 14.3 Å². The summed E-state index contributed by atoms with van der Waals surface area (Å²) in [6.07, 6.45) is 2.08. The van der Waals surface area contributed by atoms with Crippen LogP contribution in [-0.2, 0) is 6.54 Å². The molecule has 7 heteroatoms. The van der Waals surface area contributed by atoms with E-state index in [-0.39, 0.29) is 0 Å². The quantitative estimate of drug-likeness (QED) is 0.400. The Hall–Kier alpha value is -1.98. The van der Waals surface area contributed by atoms with Gasteiger partial charge in [-0.2, -0.15) is 0 Å². The van der Waals surface area contributed by atoms with Crippen molar-refractivity contribution in [3.05, 3.63) is 75.4 Å². The van der Waals surface area contributed by atoms with Crippen LogP contribution in [-0.4, -0.2) is 40.5 Å². The molecule has 0 amide bonds. The second-order valence-corrected chi connectivity index (χ2v) is 8.61. The lowest BCUT2D eigenvalue weighted by atomic mass is 10.2. The summed E-state index contributed by atoms with van der Waals surface area (Å²) in [5.74, 6) is 1.01. The largest absolute Gasteiger partial charge is 0.352 e. The maximum atomic E-state index is 6.35. The average Bonchev–Trinajstić information content (AvgIpc) is 3.20. The van der Waals surface area contributed by atoms with E-state index in [2.05, 4.69) is 32.5 Å². The second-order valence-electron chi connectivity index (χ2n) is 7.33. The Labute approximate surface area is 184 Å². The minimum Gasteiger partial charge on any atom is -0.352 e. The predicted octanol–water partition coefficient (Wildman–Crippen LogP) is 5.77. The van der Waals surface area contributed by atoms with Crippen LogP contribution in [0.3, 0.4) is 0 Å². The Morgan fingerprint density at radius 2 is 1.59 bits per heavy atom. The lowest BCUT2D eigenvalue weighted by Crippen LogP contribution is -2.46. The highest BCUT2D eigenvalue weighted by molar-refractivity contribution is 6.35. The highest BCUT2D eigenvalue weighted by atomic mass is 35.5. The molecule has 0 unspecified atom stereocenters. The Kier molecular flexibility index (Phi) is 5.04. The van der Waals surface area contributed by atoms with Crippen LogP contribution in [0.1, 0.15) is 5.56 Å². The maximum absolute atomic E-state index is 6.35. The van der Waals surface area contributed by atoms with Gasteiger partial charge in [0.15, 0.2) is 5.82 Å². The molecule has 0 N–H and O–H groups in total. The van der Waals surface area contributed by atoms with Crippen molar-refractivity contribution in [2.24, 2.45) is 0 Å². The van der Waals surface area contributed by atoms with Crippen molar-refractivity contribution in [3.8, 4) is 0 Å².